The summed E-state index contributed by atoms with van der Waals surface area (Å²) in [4.78, 5) is 16.7. The van der Waals surface area contributed by atoms with Crippen LogP contribution >= 0.6 is 11.6 Å². The molecule has 0 saturated heterocycles. The number of oxazole rings is 1. The number of hydrogen-bond acceptors (Lipinski definition) is 3. The number of halogens is 1. The summed E-state index contributed by atoms with van der Waals surface area (Å²) in [6.07, 6.45) is 4.82. The third-order valence-electron chi connectivity index (χ3n) is 4.78. The fraction of sp³-hybridized carbons (Fsp3) is 0.120. The Labute approximate surface area is 180 Å². The molecule has 0 aliphatic carbocycles. The molecule has 0 radical (unpaired) electrons. The van der Waals surface area contributed by atoms with E-state index in [0.29, 0.717) is 17.3 Å². The molecule has 0 bridgehead atoms. The molecule has 4 rings (SSSR count). The van der Waals surface area contributed by atoms with Gasteiger partial charge in [0.15, 0.2) is 11.5 Å². The van der Waals surface area contributed by atoms with Crippen molar-refractivity contribution in [2.24, 2.45) is 0 Å². The highest BCUT2D eigenvalue weighted by Gasteiger charge is 2.08. The Bertz CT molecular complexity index is 1190. The molecule has 0 aliphatic rings. The first-order valence-corrected chi connectivity index (χ1v) is 10.2. The Morgan fingerprint density at radius 2 is 1.77 bits per heavy atom. The van der Waals surface area contributed by atoms with Crippen molar-refractivity contribution in [3.63, 3.8) is 0 Å². The van der Waals surface area contributed by atoms with E-state index in [1.807, 2.05) is 42.5 Å². The molecule has 30 heavy (non-hydrogen) atoms. The number of rotatable bonds is 6. The van der Waals surface area contributed by atoms with Crippen molar-refractivity contribution in [3.05, 3.63) is 100 Å². The number of benzene rings is 3. The van der Waals surface area contributed by atoms with E-state index in [1.165, 1.54) is 11.6 Å². The number of anilines is 1. The van der Waals surface area contributed by atoms with E-state index in [0.717, 1.165) is 34.3 Å². The van der Waals surface area contributed by atoms with Crippen LogP contribution in [-0.4, -0.2) is 10.9 Å². The minimum Gasteiger partial charge on any atom is -0.440 e. The van der Waals surface area contributed by atoms with Gasteiger partial charge in [-0.2, -0.15) is 0 Å². The zero-order valence-corrected chi connectivity index (χ0v) is 17.3. The van der Waals surface area contributed by atoms with Crippen LogP contribution in [0.1, 0.15) is 29.5 Å². The minimum atomic E-state index is -0.191. The van der Waals surface area contributed by atoms with Crippen LogP contribution in [0.2, 0.25) is 5.02 Å². The van der Waals surface area contributed by atoms with Crippen molar-refractivity contribution in [2.45, 2.75) is 19.8 Å². The Morgan fingerprint density at radius 1 is 1.03 bits per heavy atom. The van der Waals surface area contributed by atoms with Crippen molar-refractivity contribution in [1.82, 2.24) is 4.98 Å². The van der Waals surface area contributed by atoms with Crippen LogP contribution in [0.3, 0.4) is 0 Å². The average Bonchev–Trinajstić information content (AvgIpc) is 3.16. The molecule has 0 aliphatic heterocycles. The van der Waals surface area contributed by atoms with Gasteiger partial charge in [0.1, 0.15) is 5.52 Å². The second kappa shape index (κ2) is 8.97. The van der Waals surface area contributed by atoms with Gasteiger partial charge < -0.3 is 9.73 Å². The molecule has 0 unspecified atom stereocenters. The maximum Gasteiger partial charge on any atom is 0.248 e. The number of carbonyl (C=O) groups is 1. The van der Waals surface area contributed by atoms with Gasteiger partial charge in [0, 0.05) is 23.2 Å². The second-order valence-corrected chi connectivity index (χ2v) is 7.45. The molecule has 150 valence electrons. The summed E-state index contributed by atoms with van der Waals surface area (Å²) >= 11 is 5.87. The number of nitrogens with zero attached hydrogens (tertiary/aromatic N) is 1. The van der Waals surface area contributed by atoms with Gasteiger partial charge in [0.05, 0.1) is 0 Å². The molecule has 0 fully saturated rings. The Balaban J connectivity index is 1.37. The van der Waals surface area contributed by atoms with Gasteiger partial charge in [-0.05, 0) is 65.6 Å². The summed E-state index contributed by atoms with van der Waals surface area (Å²) in [5.41, 5.74) is 5.64. The SMILES string of the molecule is CCc1ccc2oc(Cc3ccc(NC(=O)/C=C/c4ccc(Cl)cc4)cc3)nc2c1. The van der Waals surface area contributed by atoms with E-state index >= 15 is 0 Å². The van der Waals surface area contributed by atoms with Crippen LogP contribution in [-0.2, 0) is 17.6 Å². The van der Waals surface area contributed by atoms with Gasteiger partial charge in [-0.15, -0.1) is 0 Å². The van der Waals surface area contributed by atoms with Gasteiger partial charge in [0.2, 0.25) is 5.91 Å². The lowest BCUT2D eigenvalue weighted by Gasteiger charge is -2.04. The third-order valence-corrected chi connectivity index (χ3v) is 5.03. The second-order valence-electron chi connectivity index (χ2n) is 7.01. The molecule has 1 aromatic heterocycles. The number of carbonyl (C=O) groups excluding carboxylic acids is 1. The van der Waals surface area contributed by atoms with Crippen LogP contribution in [0.15, 0.2) is 77.2 Å². The molecule has 4 nitrogen and oxygen atoms in total. The molecule has 3 aromatic carbocycles. The monoisotopic (exact) mass is 416 g/mol. The molecule has 1 amide bonds. The van der Waals surface area contributed by atoms with Gasteiger partial charge in [-0.1, -0.05) is 48.9 Å². The first-order valence-electron chi connectivity index (χ1n) is 9.81. The van der Waals surface area contributed by atoms with Gasteiger partial charge in [-0.25, -0.2) is 4.98 Å². The number of hydrogen-bond donors (Lipinski definition) is 1. The first kappa shape index (κ1) is 19.9. The molecule has 4 aromatic rings. The highest BCUT2D eigenvalue weighted by Crippen LogP contribution is 2.20. The third kappa shape index (κ3) is 4.97. The zero-order chi connectivity index (χ0) is 20.9. The minimum absolute atomic E-state index is 0.191. The topological polar surface area (TPSA) is 55.1 Å². The van der Waals surface area contributed by atoms with E-state index in [4.69, 9.17) is 16.0 Å². The lowest BCUT2D eigenvalue weighted by atomic mass is 10.1. The molecule has 0 atom stereocenters. The number of nitrogens with one attached hydrogen (secondary N) is 1. The summed E-state index contributed by atoms with van der Waals surface area (Å²) in [7, 11) is 0. The van der Waals surface area contributed by atoms with Gasteiger partial charge >= 0.3 is 0 Å². The van der Waals surface area contributed by atoms with Crippen LogP contribution in [0.4, 0.5) is 5.69 Å². The standard InChI is InChI=1S/C25H21ClN2O2/c1-2-17-7-13-23-22(15-17)28-25(30-23)16-19-5-11-21(12-6-19)27-24(29)14-8-18-3-9-20(26)10-4-18/h3-15H,2,16H2,1H3,(H,27,29)/b14-8+. The predicted molar refractivity (Wildman–Crippen MR) is 122 cm³/mol. The van der Waals surface area contributed by atoms with E-state index in [9.17, 15) is 4.79 Å². The highest BCUT2D eigenvalue weighted by molar-refractivity contribution is 6.30. The molecular weight excluding hydrogens is 396 g/mol. The number of fused-ring (bicyclic) bond motifs is 1. The lowest BCUT2D eigenvalue weighted by molar-refractivity contribution is -0.111. The number of amides is 1. The summed E-state index contributed by atoms with van der Waals surface area (Å²) in [5, 5.41) is 3.52. The summed E-state index contributed by atoms with van der Waals surface area (Å²) in [5.74, 6) is 0.490. The smallest absolute Gasteiger partial charge is 0.248 e. The molecular formula is C25H21ClN2O2. The van der Waals surface area contributed by atoms with Crippen molar-refractivity contribution in [1.29, 1.82) is 0 Å². The average molecular weight is 417 g/mol. The summed E-state index contributed by atoms with van der Waals surface area (Å²) < 4.78 is 5.85. The van der Waals surface area contributed by atoms with E-state index in [-0.39, 0.29) is 5.91 Å². The lowest BCUT2D eigenvalue weighted by Crippen LogP contribution is -2.07. The van der Waals surface area contributed by atoms with Crippen molar-refractivity contribution >= 4 is 40.4 Å². The highest BCUT2D eigenvalue weighted by atomic mass is 35.5. The summed E-state index contributed by atoms with van der Waals surface area (Å²) in [6.45, 7) is 2.12. The first-order chi connectivity index (χ1) is 14.6. The van der Waals surface area contributed by atoms with Crippen molar-refractivity contribution in [3.8, 4) is 0 Å². The van der Waals surface area contributed by atoms with Gasteiger partial charge in [0.25, 0.3) is 0 Å². The number of aromatic nitrogens is 1. The van der Waals surface area contributed by atoms with Crippen LogP contribution in [0.25, 0.3) is 17.2 Å². The van der Waals surface area contributed by atoms with Crippen LogP contribution in [0.5, 0.6) is 0 Å². The van der Waals surface area contributed by atoms with Crippen LogP contribution < -0.4 is 5.32 Å². The molecule has 1 N–H and O–H groups in total. The quantitative estimate of drug-likeness (QED) is 0.376. The van der Waals surface area contributed by atoms with Crippen LogP contribution in [0, 0.1) is 0 Å². The normalized spacial score (nSPS) is 11.3. The molecule has 5 heteroatoms. The summed E-state index contributed by atoms with van der Waals surface area (Å²) in [6, 6.07) is 21.1. The predicted octanol–water partition coefficient (Wildman–Crippen LogP) is 6.29. The Hall–Kier alpha value is -3.37. The largest absolute Gasteiger partial charge is 0.440 e. The Morgan fingerprint density at radius 3 is 2.50 bits per heavy atom. The fourth-order valence-electron chi connectivity index (χ4n) is 3.13. The molecule has 1 heterocycles. The van der Waals surface area contributed by atoms with Crippen molar-refractivity contribution < 1.29 is 9.21 Å². The maximum atomic E-state index is 12.1. The number of aryl methyl sites for hydroxylation is 1. The van der Waals surface area contributed by atoms with Gasteiger partial charge in [-0.3, -0.25) is 4.79 Å². The fourth-order valence-corrected chi connectivity index (χ4v) is 3.25. The maximum absolute atomic E-state index is 12.1. The van der Waals surface area contributed by atoms with Crippen molar-refractivity contribution in [2.75, 3.05) is 5.32 Å². The molecule has 0 saturated carbocycles. The van der Waals surface area contributed by atoms with E-state index in [2.05, 4.69) is 29.4 Å². The van der Waals surface area contributed by atoms with E-state index < -0.39 is 0 Å². The zero-order valence-electron chi connectivity index (χ0n) is 16.6. The molecule has 0 spiro atoms. The Kier molecular flexibility index (Phi) is 5.96. The van der Waals surface area contributed by atoms with E-state index in [1.54, 1.807) is 18.2 Å².